The fourth-order valence-corrected chi connectivity index (χ4v) is 8.52. The van der Waals surface area contributed by atoms with E-state index in [1.54, 1.807) is 0 Å². The van der Waals surface area contributed by atoms with Crippen LogP contribution in [0.3, 0.4) is 0 Å². The number of aromatic nitrogens is 2. The van der Waals surface area contributed by atoms with Crippen molar-refractivity contribution in [2.45, 2.75) is 5.41 Å². The maximum absolute atomic E-state index is 6.76. The van der Waals surface area contributed by atoms with Crippen molar-refractivity contribution in [3.8, 4) is 44.9 Å². The zero-order valence-electron chi connectivity index (χ0n) is 25.8. The van der Waals surface area contributed by atoms with E-state index in [-0.39, 0.29) is 0 Å². The summed E-state index contributed by atoms with van der Waals surface area (Å²) in [7, 11) is 0. The number of nitrogens with zero attached hydrogens (tertiary/aromatic N) is 2. The lowest BCUT2D eigenvalue weighted by atomic mass is 9.70. The number of hydrogen-bond donors (Lipinski definition) is 0. The molecule has 0 unspecified atom stereocenters. The first kappa shape index (κ1) is 25.8. The Hall–Kier alpha value is -6.32. The Balaban J connectivity index is 1.14. The zero-order valence-corrected chi connectivity index (χ0v) is 25.8. The van der Waals surface area contributed by atoms with E-state index in [2.05, 4.69) is 140 Å². The molecule has 2 heterocycles. The van der Waals surface area contributed by atoms with Crippen LogP contribution in [-0.2, 0) is 5.41 Å². The topological polar surface area (TPSA) is 38.9 Å². The van der Waals surface area contributed by atoms with Crippen LogP contribution in [0.25, 0.3) is 77.7 Å². The lowest BCUT2D eigenvalue weighted by Gasteiger charge is -2.30. The van der Waals surface area contributed by atoms with Crippen LogP contribution in [0.1, 0.15) is 22.3 Å². The second-order valence-corrected chi connectivity index (χ2v) is 12.9. The lowest BCUT2D eigenvalue weighted by Crippen LogP contribution is -2.25. The fourth-order valence-electron chi connectivity index (χ4n) is 8.52. The number of para-hydroxylation sites is 1. The molecule has 0 N–H and O–H groups in total. The summed E-state index contributed by atoms with van der Waals surface area (Å²) in [5.74, 6) is 0.685. The molecule has 0 atom stereocenters. The maximum atomic E-state index is 6.76. The monoisotopic (exact) mass is 610 g/mol. The van der Waals surface area contributed by atoms with Gasteiger partial charge in [-0.25, -0.2) is 9.97 Å². The van der Waals surface area contributed by atoms with Gasteiger partial charge in [0.2, 0.25) is 0 Å². The summed E-state index contributed by atoms with van der Waals surface area (Å²) in [5, 5.41) is 3.24. The molecule has 2 aliphatic rings. The Bertz CT molecular complexity index is 2750. The van der Waals surface area contributed by atoms with Crippen LogP contribution in [-0.4, -0.2) is 9.97 Å². The van der Waals surface area contributed by atoms with Gasteiger partial charge in [-0.1, -0.05) is 127 Å². The van der Waals surface area contributed by atoms with Crippen molar-refractivity contribution < 1.29 is 4.42 Å². The third kappa shape index (κ3) is 3.27. The summed E-state index contributed by atoms with van der Waals surface area (Å²) < 4.78 is 6.76. The molecule has 11 rings (SSSR count). The molecule has 1 spiro atoms. The van der Waals surface area contributed by atoms with Crippen LogP contribution in [0.15, 0.2) is 162 Å². The molecular weight excluding hydrogens is 585 g/mol. The molecule has 2 aromatic heterocycles. The van der Waals surface area contributed by atoms with E-state index in [9.17, 15) is 0 Å². The molecule has 222 valence electrons. The van der Waals surface area contributed by atoms with E-state index in [0.717, 1.165) is 49.7 Å². The fraction of sp³-hybridized carbons (Fsp3) is 0.0222. The standard InChI is InChI=1S/C45H26N2O/c1-2-12-27(13-3-1)43-33-17-7-11-21-40(33)46-44(47-43)28-22-23-32-35-25-34-31-16-6-10-20-38(31)45(39(34)26-42(35)48-41(32)24-28)36-18-8-4-14-29(36)30-15-5-9-19-37(30)45/h1-26H. The molecular formula is C45H26N2O. The van der Waals surface area contributed by atoms with Crippen LogP contribution in [0.2, 0.25) is 0 Å². The number of furan rings is 1. The molecule has 0 saturated heterocycles. The molecule has 0 amide bonds. The highest BCUT2D eigenvalue weighted by molar-refractivity contribution is 6.09. The first-order chi connectivity index (χ1) is 23.8. The molecule has 9 aromatic rings. The molecule has 3 heteroatoms. The van der Waals surface area contributed by atoms with Gasteiger partial charge >= 0.3 is 0 Å². The first-order valence-electron chi connectivity index (χ1n) is 16.4. The van der Waals surface area contributed by atoms with E-state index in [4.69, 9.17) is 14.4 Å². The van der Waals surface area contributed by atoms with Crippen molar-refractivity contribution in [2.75, 3.05) is 0 Å². The average molecular weight is 611 g/mol. The smallest absolute Gasteiger partial charge is 0.160 e. The van der Waals surface area contributed by atoms with Crippen molar-refractivity contribution >= 4 is 32.8 Å². The Labute approximate surface area is 276 Å². The van der Waals surface area contributed by atoms with Crippen LogP contribution in [0.4, 0.5) is 0 Å². The van der Waals surface area contributed by atoms with Gasteiger partial charge in [0, 0.05) is 27.3 Å². The molecule has 7 aromatic carbocycles. The number of rotatable bonds is 2. The van der Waals surface area contributed by atoms with Gasteiger partial charge in [-0.2, -0.15) is 0 Å². The van der Waals surface area contributed by atoms with Gasteiger partial charge in [0.15, 0.2) is 5.82 Å². The third-order valence-electron chi connectivity index (χ3n) is 10.5. The van der Waals surface area contributed by atoms with Gasteiger partial charge in [-0.15, -0.1) is 0 Å². The van der Waals surface area contributed by atoms with E-state index >= 15 is 0 Å². The van der Waals surface area contributed by atoms with Crippen LogP contribution in [0.5, 0.6) is 0 Å². The van der Waals surface area contributed by atoms with Gasteiger partial charge in [0.25, 0.3) is 0 Å². The van der Waals surface area contributed by atoms with E-state index in [0.29, 0.717) is 5.82 Å². The number of hydrogen-bond acceptors (Lipinski definition) is 3. The highest BCUT2D eigenvalue weighted by Gasteiger charge is 2.51. The van der Waals surface area contributed by atoms with Gasteiger partial charge < -0.3 is 4.42 Å². The minimum Gasteiger partial charge on any atom is -0.456 e. The van der Waals surface area contributed by atoms with E-state index < -0.39 is 5.41 Å². The molecule has 0 saturated carbocycles. The molecule has 3 nitrogen and oxygen atoms in total. The lowest BCUT2D eigenvalue weighted by molar-refractivity contribution is 0.666. The highest BCUT2D eigenvalue weighted by Crippen LogP contribution is 2.63. The van der Waals surface area contributed by atoms with Crippen molar-refractivity contribution in [1.29, 1.82) is 0 Å². The SMILES string of the molecule is c1ccc(-c2nc(-c3ccc4c(c3)oc3cc5c(cc34)-c3ccccc3C53c4ccccc4-c4ccccc43)nc3ccccc23)cc1. The molecule has 0 radical (unpaired) electrons. The average Bonchev–Trinajstić information content (AvgIpc) is 3.77. The van der Waals surface area contributed by atoms with Crippen molar-refractivity contribution in [3.05, 3.63) is 180 Å². The highest BCUT2D eigenvalue weighted by atomic mass is 16.3. The molecule has 0 aliphatic heterocycles. The minimum absolute atomic E-state index is 0.399. The second-order valence-electron chi connectivity index (χ2n) is 12.9. The van der Waals surface area contributed by atoms with Crippen molar-refractivity contribution in [2.24, 2.45) is 0 Å². The van der Waals surface area contributed by atoms with E-state index in [1.807, 2.05) is 18.2 Å². The Morgan fingerprint density at radius 2 is 1.00 bits per heavy atom. The molecule has 0 bridgehead atoms. The molecule has 48 heavy (non-hydrogen) atoms. The number of fused-ring (bicyclic) bond motifs is 14. The summed E-state index contributed by atoms with van der Waals surface area (Å²) >= 11 is 0. The summed E-state index contributed by atoms with van der Waals surface area (Å²) in [6.07, 6.45) is 0. The Kier molecular flexibility index (Phi) is 5.04. The van der Waals surface area contributed by atoms with Crippen molar-refractivity contribution in [3.63, 3.8) is 0 Å². The normalized spacial score (nSPS) is 13.6. The molecule has 0 fully saturated rings. The number of benzene rings is 7. The van der Waals surface area contributed by atoms with E-state index in [1.165, 1.54) is 44.5 Å². The van der Waals surface area contributed by atoms with Gasteiger partial charge in [0.05, 0.1) is 16.6 Å². The van der Waals surface area contributed by atoms with Gasteiger partial charge in [-0.05, 0) is 74.8 Å². The summed E-state index contributed by atoms with van der Waals surface area (Å²) in [6, 6.07) is 56.3. The molecule has 2 aliphatic carbocycles. The summed E-state index contributed by atoms with van der Waals surface area (Å²) in [6.45, 7) is 0. The zero-order chi connectivity index (χ0) is 31.4. The summed E-state index contributed by atoms with van der Waals surface area (Å²) in [5.41, 5.74) is 15.6. The van der Waals surface area contributed by atoms with Crippen LogP contribution >= 0.6 is 0 Å². The maximum Gasteiger partial charge on any atom is 0.160 e. The predicted octanol–water partition coefficient (Wildman–Crippen LogP) is 11.2. The van der Waals surface area contributed by atoms with Gasteiger partial charge in [-0.3, -0.25) is 0 Å². The third-order valence-corrected chi connectivity index (χ3v) is 10.5. The quantitative estimate of drug-likeness (QED) is 0.195. The van der Waals surface area contributed by atoms with Crippen LogP contribution in [0, 0.1) is 0 Å². The summed E-state index contributed by atoms with van der Waals surface area (Å²) in [4.78, 5) is 10.1. The van der Waals surface area contributed by atoms with Gasteiger partial charge in [0.1, 0.15) is 11.2 Å². The Morgan fingerprint density at radius 3 is 1.73 bits per heavy atom. The van der Waals surface area contributed by atoms with Crippen LogP contribution < -0.4 is 0 Å². The first-order valence-corrected chi connectivity index (χ1v) is 16.4. The van der Waals surface area contributed by atoms with Crippen molar-refractivity contribution in [1.82, 2.24) is 9.97 Å². The minimum atomic E-state index is -0.399. The predicted molar refractivity (Wildman–Crippen MR) is 194 cm³/mol. The second kappa shape index (κ2) is 9.37. The largest absolute Gasteiger partial charge is 0.456 e. The Morgan fingerprint density at radius 1 is 0.396 bits per heavy atom.